The first-order valence-corrected chi connectivity index (χ1v) is 6.22. The van der Waals surface area contributed by atoms with Crippen molar-refractivity contribution in [2.75, 3.05) is 6.54 Å². The molecule has 1 aliphatic carbocycles. The smallest absolute Gasteiger partial charge is 0.270 e. The van der Waals surface area contributed by atoms with Crippen LogP contribution in [0.3, 0.4) is 0 Å². The molecule has 0 spiro atoms. The summed E-state index contributed by atoms with van der Waals surface area (Å²) < 4.78 is 0. The van der Waals surface area contributed by atoms with E-state index in [4.69, 9.17) is 0 Å². The number of non-ortho nitro benzene ring substituents is 1. The zero-order valence-corrected chi connectivity index (χ0v) is 10.2. The molecule has 0 saturated heterocycles. The van der Waals surface area contributed by atoms with Crippen LogP contribution in [0, 0.1) is 16.0 Å². The molecule has 1 heterocycles. The van der Waals surface area contributed by atoms with Gasteiger partial charge in [-0.2, -0.15) is 0 Å². The van der Waals surface area contributed by atoms with Crippen molar-refractivity contribution in [2.24, 2.45) is 5.92 Å². The molecule has 0 atom stereocenters. The topological polar surface area (TPSA) is 80.5 Å². The van der Waals surface area contributed by atoms with E-state index in [9.17, 15) is 19.7 Å². The van der Waals surface area contributed by atoms with Crippen LogP contribution in [0.25, 0.3) is 0 Å². The Balaban J connectivity index is 1.92. The molecule has 19 heavy (non-hydrogen) atoms. The van der Waals surface area contributed by atoms with Gasteiger partial charge in [-0.25, -0.2) is 0 Å². The van der Waals surface area contributed by atoms with Gasteiger partial charge in [-0.05, 0) is 24.8 Å². The average molecular weight is 260 g/mol. The number of fused-ring (bicyclic) bond motifs is 1. The maximum Gasteiger partial charge on any atom is 0.270 e. The maximum absolute atomic E-state index is 12.1. The van der Waals surface area contributed by atoms with E-state index in [-0.39, 0.29) is 22.7 Å². The lowest BCUT2D eigenvalue weighted by atomic mass is 9.85. The van der Waals surface area contributed by atoms with Gasteiger partial charge in [0, 0.05) is 18.7 Å². The molecular formula is C13H12N2O4. The van der Waals surface area contributed by atoms with Crippen LogP contribution in [0.5, 0.6) is 0 Å². The molecule has 1 aliphatic heterocycles. The van der Waals surface area contributed by atoms with Crippen LogP contribution >= 0.6 is 0 Å². The maximum atomic E-state index is 12.1. The van der Waals surface area contributed by atoms with Gasteiger partial charge in [0.15, 0.2) is 0 Å². The summed E-state index contributed by atoms with van der Waals surface area (Å²) in [4.78, 5) is 35.6. The zero-order chi connectivity index (χ0) is 13.6. The number of rotatable bonds is 3. The largest absolute Gasteiger partial charge is 0.274 e. The van der Waals surface area contributed by atoms with Crippen LogP contribution in [0.4, 0.5) is 5.69 Å². The Morgan fingerprint density at radius 3 is 2.47 bits per heavy atom. The molecular weight excluding hydrogens is 248 g/mol. The van der Waals surface area contributed by atoms with E-state index in [0.717, 1.165) is 19.3 Å². The Bertz CT molecular complexity index is 592. The summed E-state index contributed by atoms with van der Waals surface area (Å²) in [5.74, 6) is -0.352. The Morgan fingerprint density at radius 1 is 1.21 bits per heavy atom. The highest BCUT2D eigenvalue weighted by Crippen LogP contribution is 2.32. The van der Waals surface area contributed by atoms with Gasteiger partial charge < -0.3 is 0 Å². The standard InChI is InChI=1S/C13H12N2O4/c16-12-10-5-4-9(15(18)19)6-11(10)13(17)14(12)7-8-2-1-3-8/h4-6,8H,1-3,7H2. The van der Waals surface area contributed by atoms with E-state index < -0.39 is 10.8 Å². The second kappa shape index (κ2) is 4.15. The number of nitrogens with zero attached hydrogens (tertiary/aromatic N) is 2. The van der Waals surface area contributed by atoms with Crippen molar-refractivity contribution >= 4 is 17.5 Å². The monoisotopic (exact) mass is 260 g/mol. The highest BCUT2D eigenvalue weighted by atomic mass is 16.6. The molecule has 1 saturated carbocycles. The summed E-state index contributed by atoms with van der Waals surface area (Å²) >= 11 is 0. The number of carbonyl (C=O) groups is 2. The molecule has 0 N–H and O–H groups in total. The van der Waals surface area contributed by atoms with Crippen LogP contribution in [0.1, 0.15) is 40.0 Å². The molecule has 6 heteroatoms. The van der Waals surface area contributed by atoms with Crippen molar-refractivity contribution in [1.29, 1.82) is 0 Å². The fourth-order valence-corrected chi connectivity index (χ4v) is 2.49. The Kier molecular flexibility index (Phi) is 2.58. The highest BCUT2D eigenvalue weighted by Gasteiger charge is 2.38. The lowest BCUT2D eigenvalue weighted by Gasteiger charge is -2.28. The SMILES string of the molecule is O=C1c2ccc([N+](=O)[O-])cc2C(=O)N1CC1CCC1. The summed E-state index contributed by atoms with van der Waals surface area (Å²) in [6.45, 7) is 0.431. The van der Waals surface area contributed by atoms with Crippen LogP contribution in [0.15, 0.2) is 18.2 Å². The van der Waals surface area contributed by atoms with Gasteiger partial charge in [0.05, 0.1) is 16.1 Å². The second-order valence-corrected chi connectivity index (χ2v) is 5.00. The highest BCUT2D eigenvalue weighted by molar-refractivity contribution is 6.21. The number of nitro benzene ring substituents is 1. The van der Waals surface area contributed by atoms with Gasteiger partial charge in [-0.1, -0.05) is 6.42 Å². The number of hydrogen-bond donors (Lipinski definition) is 0. The van der Waals surface area contributed by atoms with Gasteiger partial charge in [-0.3, -0.25) is 24.6 Å². The van der Waals surface area contributed by atoms with Crippen LogP contribution < -0.4 is 0 Å². The van der Waals surface area contributed by atoms with E-state index in [1.807, 2.05) is 0 Å². The molecule has 0 bridgehead atoms. The molecule has 3 rings (SSSR count). The lowest BCUT2D eigenvalue weighted by molar-refractivity contribution is -0.384. The molecule has 0 aromatic heterocycles. The summed E-state index contributed by atoms with van der Waals surface area (Å²) in [5.41, 5.74) is 0.263. The molecule has 6 nitrogen and oxygen atoms in total. The third-order valence-electron chi connectivity index (χ3n) is 3.83. The molecule has 1 fully saturated rings. The van der Waals surface area contributed by atoms with E-state index >= 15 is 0 Å². The number of hydrogen-bond acceptors (Lipinski definition) is 4. The Morgan fingerprint density at radius 2 is 1.89 bits per heavy atom. The van der Waals surface area contributed by atoms with Gasteiger partial charge in [0.1, 0.15) is 0 Å². The minimum atomic E-state index is -0.563. The van der Waals surface area contributed by atoms with Gasteiger partial charge in [0.2, 0.25) is 0 Å². The lowest BCUT2D eigenvalue weighted by Crippen LogP contribution is -2.36. The van der Waals surface area contributed by atoms with Crippen LogP contribution in [-0.2, 0) is 0 Å². The minimum absolute atomic E-state index is 0.151. The van der Waals surface area contributed by atoms with Crippen LogP contribution in [0.2, 0.25) is 0 Å². The summed E-state index contributed by atoms with van der Waals surface area (Å²) in [7, 11) is 0. The number of carbonyl (C=O) groups excluding carboxylic acids is 2. The number of benzene rings is 1. The summed E-state index contributed by atoms with van der Waals surface area (Å²) in [6, 6.07) is 3.82. The van der Waals surface area contributed by atoms with Crippen LogP contribution in [-0.4, -0.2) is 28.2 Å². The number of imide groups is 1. The number of amides is 2. The molecule has 1 aromatic carbocycles. The molecule has 2 aliphatic rings. The van der Waals surface area contributed by atoms with E-state index in [2.05, 4.69) is 0 Å². The predicted octanol–water partition coefficient (Wildman–Crippen LogP) is 1.99. The summed E-state index contributed by atoms with van der Waals surface area (Å²) in [5, 5.41) is 10.7. The third-order valence-corrected chi connectivity index (χ3v) is 3.83. The normalized spacial score (nSPS) is 18.4. The van der Waals surface area contributed by atoms with Gasteiger partial charge in [-0.15, -0.1) is 0 Å². The van der Waals surface area contributed by atoms with Crippen molar-refractivity contribution in [3.05, 3.63) is 39.4 Å². The van der Waals surface area contributed by atoms with Crippen molar-refractivity contribution in [3.63, 3.8) is 0 Å². The Labute approximate surface area is 109 Å². The van der Waals surface area contributed by atoms with Crippen molar-refractivity contribution in [1.82, 2.24) is 4.90 Å². The van der Waals surface area contributed by atoms with Crippen molar-refractivity contribution < 1.29 is 14.5 Å². The van der Waals surface area contributed by atoms with Crippen molar-refractivity contribution in [2.45, 2.75) is 19.3 Å². The minimum Gasteiger partial charge on any atom is -0.274 e. The molecule has 2 amide bonds. The fourth-order valence-electron chi connectivity index (χ4n) is 2.49. The van der Waals surface area contributed by atoms with Gasteiger partial charge in [0.25, 0.3) is 17.5 Å². The molecule has 98 valence electrons. The first-order valence-electron chi connectivity index (χ1n) is 6.22. The predicted molar refractivity (Wildman–Crippen MR) is 65.8 cm³/mol. The second-order valence-electron chi connectivity index (χ2n) is 5.00. The van der Waals surface area contributed by atoms with E-state index in [1.54, 1.807) is 0 Å². The average Bonchev–Trinajstić information content (AvgIpc) is 2.57. The Hall–Kier alpha value is -2.24. The molecule has 0 radical (unpaired) electrons. The van der Waals surface area contributed by atoms with Crippen molar-refractivity contribution in [3.8, 4) is 0 Å². The van der Waals surface area contributed by atoms with E-state index in [1.165, 1.54) is 23.1 Å². The first kappa shape index (κ1) is 11.8. The number of nitro groups is 1. The zero-order valence-electron chi connectivity index (χ0n) is 10.2. The first-order chi connectivity index (χ1) is 9.08. The third kappa shape index (κ3) is 1.80. The van der Waals surface area contributed by atoms with Gasteiger partial charge >= 0.3 is 0 Å². The molecule has 1 aromatic rings. The molecule has 0 unspecified atom stereocenters. The fraction of sp³-hybridized carbons (Fsp3) is 0.385. The van der Waals surface area contributed by atoms with E-state index in [0.29, 0.717) is 12.5 Å². The quantitative estimate of drug-likeness (QED) is 0.473. The summed E-state index contributed by atoms with van der Waals surface area (Å²) in [6.07, 6.45) is 3.21.